The van der Waals surface area contributed by atoms with E-state index in [-0.39, 0.29) is 29.6 Å². The van der Waals surface area contributed by atoms with E-state index in [1.165, 1.54) is 6.07 Å². The van der Waals surface area contributed by atoms with Gasteiger partial charge in [0.15, 0.2) is 0 Å². The molecular formula is C24H21ClN4O3. The van der Waals surface area contributed by atoms with Crippen molar-refractivity contribution in [3.63, 3.8) is 0 Å². The van der Waals surface area contributed by atoms with Gasteiger partial charge in [0.2, 0.25) is 0 Å². The average Bonchev–Trinajstić information content (AvgIpc) is 3.35. The number of urea groups is 1. The topological polar surface area (TPSA) is 74.7 Å². The van der Waals surface area contributed by atoms with Crippen LogP contribution in [0, 0.1) is 0 Å². The number of fused-ring (bicyclic) bond motifs is 1. The van der Waals surface area contributed by atoms with E-state index in [4.69, 9.17) is 11.6 Å². The van der Waals surface area contributed by atoms with Crippen molar-refractivity contribution >= 4 is 29.2 Å². The van der Waals surface area contributed by atoms with E-state index in [9.17, 15) is 14.4 Å². The number of carbonyl (C=O) groups is 2. The molecule has 0 spiro atoms. The fraction of sp³-hybridized carbons (Fsp3) is 0.208. The van der Waals surface area contributed by atoms with E-state index in [0.717, 1.165) is 17.8 Å². The fourth-order valence-corrected chi connectivity index (χ4v) is 4.53. The fourth-order valence-electron chi connectivity index (χ4n) is 4.41. The van der Waals surface area contributed by atoms with Gasteiger partial charge in [-0.05, 0) is 61.0 Å². The van der Waals surface area contributed by atoms with Crippen molar-refractivity contribution in [2.24, 2.45) is 0 Å². The summed E-state index contributed by atoms with van der Waals surface area (Å²) in [5.41, 5.74) is 1.93. The standard InChI is InChI=1S/C24H21ClN4O3/c25-17-6-4-16(5-7-17)23(31)26-20-12-14-28-21(20)15-29(24(28)32)19-10-8-18(9-11-19)27-13-2-1-3-22(27)30/h1-11,13,20-21H,12,14-15H2,(H,26,31)/t20-,21+/m1/s1. The van der Waals surface area contributed by atoms with Gasteiger partial charge in [0.25, 0.3) is 11.5 Å². The number of hydrogen-bond acceptors (Lipinski definition) is 3. The number of benzene rings is 2. The van der Waals surface area contributed by atoms with Crippen LogP contribution in [-0.4, -0.2) is 46.6 Å². The van der Waals surface area contributed by atoms with Gasteiger partial charge in [0, 0.05) is 40.8 Å². The zero-order chi connectivity index (χ0) is 22.2. The summed E-state index contributed by atoms with van der Waals surface area (Å²) in [4.78, 5) is 41.2. The predicted molar refractivity (Wildman–Crippen MR) is 123 cm³/mol. The van der Waals surface area contributed by atoms with Gasteiger partial charge in [0.05, 0.1) is 18.6 Å². The van der Waals surface area contributed by atoms with Crippen LogP contribution < -0.4 is 15.8 Å². The summed E-state index contributed by atoms with van der Waals surface area (Å²) in [6, 6.07) is 18.8. The Kier molecular flexibility index (Phi) is 5.19. The van der Waals surface area contributed by atoms with Gasteiger partial charge in [-0.1, -0.05) is 17.7 Å². The highest BCUT2D eigenvalue weighted by Gasteiger charge is 2.46. The molecule has 3 heterocycles. The van der Waals surface area contributed by atoms with Crippen LogP contribution in [0.25, 0.3) is 5.69 Å². The number of halogens is 1. The maximum atomic E-state index is 13.0. The van der Waals surface area contributed by atoms with Crippen molar-refractivity contribution < 1.29 is 9.59 Å². The lowest BCUT2D eigenvalue weighted by Crippen LogP contribution is -2.44. The summed E-state index contributed by atoms with van der Waals surface area (Å²) in [7, 11) is 0. The molecular weight excluding hydrogens is 428 g/mol. The molecule has 3 aromatic rings. The first-order valence-electron chi connectivity index (χ1n) is 10.4. The molecule has 0 saturated carbocycles. The molecule has 8 heteroatoms. The minimum Gasteiger partial charge on any atom is -0.347 e. The molecule has 0 aliphatic carbocycles. The number of nitrogens with one attached hydrogen (secondary N) is 1. The number of anilines is 1. The Hall–Kier alpha value is -3.58. The van der Waals surface area contributed by atoms with Crippen LogP contribution in [0.1, 0.15) is 16.8 Å². The monoisotopic (exact) mass is 448 g/mol. The second-order valence-electron chi connectivity index (χ2n) is 7.95. The van der Waals surface area contributed by atoms with E-state index in [1.807, 2.05) is 29.2 Å². The lowest BCUT2D eigenvalue weighted by Gasteiger charge is -2.20. The first-order valence-corrected chi connectivity index (χ1v) is 10.8. The predicted octanol–water partition coefficient (Wildman–Crippen LogP) is 3.30. The Morgan fingerprint density at radius 1 is 0.938 bits per heavy atom. The van der Waals surface area contributed by atoms with Crippen molar-refractivity contribution in [2.45, 2.75) is 18.5 Å². The van der Waals surface area contributed by atoms with Crippen LogP contribution in [0.5, 0.6) is 0 Å². The molecule has 2 atom stereocenters. The Balaban J connectivity index is 1.30. The van der Waals surface area contributed by atoms with Crippen LogP contribution in [0.3, 0.4) is 0 Å². The highest BCUT2D eigenvalue weighted by Crippen LogP contribution is 2.31. The highest BCUT2D eigenvalue weighted by atomic mass is 35.5. The summed E-state index contributed by atoms with van der Waals surface area (Å²) in [6.07, 6.45) is 2.43. The molecule has 0 bridgehead atoms. The van der Waals surface area contributed by atoms with Crippen molar-refractivity contribution in [1.29, 1.82) is 0 Å². The summed E-state index contributed by atoms with van der Waals surface area (Å²) >= 11 is 5.90. The molecule has 0 unspecified atom stereocenters. The van der Waals surface area contributed by atoms with Crippen LogP contribution in [0.2, 0.25) is 5.02 Å². The van der Waals surface area contributed by atoms with E-state index in [0.29, 0.717) is 23.7 Å². The van der Waals surface area contributed by atoms with Gasteiger partial charge in [-0.2, -0.15) is 0 Å². The second kappa shape index (κ2) is 8.16. The third kappa shape index (κ3) is 3.65. The third-order valence-corrected chi connectivity index (χ3v) is 6.33. The first-order chi connectivity index (χ1) is 15.5. The Morgan fingerprint density at radius 3 is 2.38 bits per heavy atom. The summed E-state index contributed by atoms with van der Waals surface area (Å²) in [6.45, 7) is 1.10. The molecule has 1 N–H and O–H groups in total. The molecule has 2 aliphatic heterocycles. The number of amides is 3. The van der Waals surface area contributed by atoms with Crippen molar-refractivity contribution in [1.82, 2.24) is 14.8 Å². The summed E-state index contributed by atoms with van der Waals surface area (Å²) < 4.78 is 1.55. The molecule has 32 heavy (non-hydrogen) atoms. The summed E-state index contributed by atoms with van der Waals surface area (Å²) in [5.74, 6) is -0.169. The number of nitrogens with zero attached hydrogens (tertiary/aromatic N) is 3. The van der Waals surface area contributed by atoms with E-state index in [2.05, 4.69) is 5.32 Å². The van der Waals surface area contributed by atoms with Crippen LogP contribution >= 0.6 is 11.6 Å². The number of aromatic nitrogens is 1. The van der Waals surface area contributed by atoms with Gasteiger partial charge in [0.1, 0.15) is 0 Å². The molecule has 2 saturated heterocycles. The van der Waals surface area contributed by atoms with Gasteiger partial charge in [-0.15, -0.1) is 0 Å². The average molecular weight is 449 g/mol. The first kappa shape index (κ1) is 20.3. The normalized spacial score (nSPS) is 19.8. The Morgan fingerprint density at radius 2 is 1.66 bits per heavy atom. The van der Waals surface area contributed by atoms with Gasteiger partial charge < -0.3 is 10.2 Å². The van der Waals surface area contributed by atoms with Crippen molar-refractivity contribution in [3.05, 3.63) is 93.9 Å². The Labute approximate surface area is 189 Å². The zero-order valence-corrected chi connectivity index (χ0v) is 17.9. The van der Waals surface area contributed by atoms with Crippen LogP contribution in [-0.2, 0) is 0 Å². The third-order valence-electron chi connectivity index (χ3n) is 6.08. The number of hydrogen-bond donors (Lipinski definition) is 1. The Bertz CT molecular complexity index is 1220. The molecule has 5 rings (SSSR count). The molecule has 7 nitrogen and oxygen atoms in total. The smallest absolute Gasteiger partial charge is 0.324 e. The molecule has 2 aliphatic rings. The number of pyridine rings is 1. The lowest BCUT2D eigenvalue weighted by molar-refractivity contribution is 0.0931. The van der Waals surface area contributed by atoms with Gasteiger partial charge in [-0.3, -0.25) is 19.1 Å². The molecule has 162 valence electrons. The maximum absolute atomic E-state index is 13.0. The summed E-state index contributed by atoms with van der Waals surface area (Å²) in [5, 5.41) is 3.65. The highest BCUT2D eigenvalue weighted by molar-refractivity contribution is 6.30. The SMILES string of the molecule is O=C(N[C@@H]1CCN2C(=O)N(c3ccc(-n4ccccc4=O)cc3)C[C@@H]12)c1ccc(Cl)cc1. The second-order valence-corrected chi connectivity index (χ2v) is 8.39. The van der Waals surface area contributed by atoms with E-state index in [1.54, 1.807) is 52.1 Å². The number of rotatable bonds is 4. The molecule has 2 aromatic carbocycles. The molecule has 0 radical (unpaired) electrons. The van der Waals surface area contributed by atoms with Gasteiger partial charge >= 0.3 is 6.03 Å². The molecule has 3 amide bonds. The lowest BCUT2D eigenvalue weighted by atomic mass is 10.1. The van der Waals surface area contributed by atoms with Crippen LogP contribution in [0.4, 0.5) is 10.5 Å². The maximum Gasteiger partial charge on any atom is 0.324 e. The number of carbonyl (C=O) groups excluding carboxylic acids is 2. The van der Waals surface area contributed by atoms with E-state index >= 15 is 0 Å². The quantitative estimate of drug-likeness (QED) is 0.665. The van der Waals surface area contributed by atoms with Crippen molar-refractivity contribution in [2.75, 3.05) is 18.0 Å². The van der Waals surface area contributed by atoms with E-state index < -0.39 is 0 Å². The van der Waals surface area contributed by atoms with Crippen molar-refractivity contribution in [3.8, 4) is 5.69 Å². The van der Waals surface area contributed by atoms with Gasteiger partial charge in [-0.25, -0.2) is 4.79 Å². The largest absolute Gasteiger partial charge is 0.347 e. The van der Waals surface area contributed by atoms with Crippen LogP contribution in [0.15, 0.2) is 77.7 Å². The molecule has 1 aromatic heterocycles. The minimum absolute atomic E-state index is 0.0668. The zero-order valence-electron chi connectivity index (χ0n) is 17.1. The molecule has 2 fully saturated rings. The minimum atomic E-state index is -0.169.